The summed E-state index contributed by atoms with van der Waals surface area (Å²) >= 11 is 1.60. The number of anilines is 1. The summed E-state index contributed by atoms with van der Waals surface area (Å²) in [5, 5.41) is 6.62. The van der Waals surface area contributed by atoms with E-state index >= 15 is 0 Å². The number of nitrogens with zero attached hydrogens (tertiary/aromatic N) is 2. The summed E-state index contributed by atoms with van der Waals surface area (Å²) in [6.07, 6.45) is 4.67. The Hall–Kier alpha value is -2.15. The van der Waals surface area contributed by atoms with Crippen molar-refractivity contribution in [2.75, 3.05) is 17.6 Å². The second kappa shape index (κ2) is 9.22. The summed E-state index contributed by atoms with van der Waals surface area (Å²) in [4.78, 5) is 16.3. The number of nitrogens with one attached hydrogen (secondary N) is 2. The van der Waals surface area contributed by atoms with Gasteiger partial charge in [-0.05, 0) is 25.5 Å². The number of aromatic nitrogens is 2. The van der Waals surface area contributed by atoms with Crippen molar-refractivity contribution < 1.29 is 9.53 Å². The maximum atomic E-state index is 12.0. The molecule has 0 bridgehead atoms. The van der Waals surface area contributed by atoms with Crippen LogP contribution in [0.15, 0.2) is 41.8 Å². The lowest BCUT2D eigenvalue weighted by atomic mass is 10.2. The van der Waals surface area contributed by atoms with E-state index in [1.165, 1.54) is 0 Å². The van der Waals surface area contributed by atoms with E-state index < -0.39 is 0 Å². The molecule has 0 aliphatic carbocycles. The van der Waals surface area contributed by atoms with E-state index in [1.54, 1.807) is 18.0 Å². The molecule has 1 aromatic carbocycles. The molecule has 0 radical (unpaired) electrons. The van der Waals surface area contributed by atoms with Crippen LogP contribution in [0, 0.1) is 0 Å². The third kappa shape index (κ3) is 5.49. The lowest BCUT2D eigenvalue weighted by Crippen LogP contribution is -2.30. The molecule has 0 fully saturated rings. The smallest absolute Gasteiger partial charge is 0.319 e. The van der Waals surface area contributed by atoms with Crippen LogP contribution in [0.4, 0.5) is 10.5 Å². The molecule has 0 saturated carbocycles. The van der Waals surface area contributed by atoms with Gasteiger partial charge >= 0.3 is 6.03 Å². The van der Waals surface area contributed by atoms with Crippen LogP contribution in [0.25, 0.3) is 0 Å². The molecule has 2 aromatic rings. The van der Waals surface area contributed by atoms with Gasteiger partial charge in [-0.15, -0.1) is 0 Å². The van der Waals surface area contributed by atoms with Crippen molar-refractivity contribution in [3.05, 3.63) is 36.7 Å². The second-order valence-electron chi connectivity index (χ2n) is 5.38. The van der Waals surface area contributed by atoms with Gasteiger partial charge in [0.25, 0.3) is 0 Å². The van der Waals surface area contributed by atoms with Crippen molar-refractivity contribution in [2.24, 2.45) is 7.05 Å². The predicted molar refractivity (Wildman–Crippen MR) is 97.8 cm³/mol. The Morgan fingerprint density at radius 2 is 2.21 bits per heavy atom. The lowest BCUT2D eigenvalue weighted by molar-refractivity contribution is 0.218. The zero-order valence-corrected chi connectivity index (χ0v) is 15.1. The number of rotatable bonds is 8. The topological polar surface area (TPSA) is 68.2 Å². The summed E-state index contributed by atoms with van der Waals surface area (Å²) in [6.45, 7) is 4.62. The Balaban J connectivity index is 1.79. The molecule has 0 spiro atoms. The molecule has 1 heterocycles. The van der Waals surface area contributed by atoms with Gasteiger partial charge in [-0.2, -0.15) is 0 Å². The molecular formula is C17H24N4O2S. The van der Waals surface area contributed by atoms with Crippen LogP contribution in [0.3, 0.4) is 0 Å². The molecule has 7 heteroatoms. The van der Waals surface area contributed by atoms with Crippen molar-refractivity contribution in [1.29, 1.82) is 0 Å². The van der Waals surface area contributed by atoms with E-state index in [2.05, 4.69) is 22.5 Å². The van der Waals surface area contributed by atoms with Crippen molar-refractivity contribution in [1.82, 2.24) is 14.9 Å². The number of benzene rings is 1. The second-order valence-corrected chi connectivity index (χ2v) is 6.45. The van der Waals surface area contributed by atoms with Crippen LogP contribution in [-0.4, -0.2) is 34.0 Å². The zero-order valence-electron chi connectivity index (χ0n) is 14.3. The molecule has 24 heavy (non-hydrogen) atoms. The van der Waals surface area contributed by atoms with Crippen LogP contribution in [-0.2, 0) is 7.05 Å². The first-order chi connectivity index (χ1) is 11.6. The third-order valence-corrected chi connectivity index (χ3v) is 4.49. The maximum Gasteiger partial charge on any atom is 0.319 e. The van der Waals surface area contributed by atoms with Crippen LogP contribution >= 0.6 is 11.8 Å². The Kier molecular flexibility index (Phi) is 6.99. The Bertz CT molecular complexity index is 660. The zero-order chi connectivity index (χ0) is 17.4. The fraction of sp³-hybridized carbons (Fsp3) is 0.412. The summed E-state index contributed by atoms with van der Waals surface area (Å²) < 4.78 is 7.78. The van der Waals surface area contributed by atoms with E-state index in [9.17, 15) is 4.79 Å². The average molecular weight is 348 g/mol. The first-order valence-electron chi connectivity index (χ1n) is 8.00. The van der Waals surface area contributed by atoms with Crippen LogP contribution in [0.5, 0.6) is 5.75 Å². The molecule has 130 valence electrons. The fourth-order valence-electron chi connectivity index (χ4n) is 1.94. The van der Waals surface area contributed by atoms with Gasteiger partial charge in [-0.25, -0.2) is 9.78 Å². The normalized spacial score (nSPS) is 11.8. The minimum atomic E-state index is -0.240. The molecule has 0 saturated heterocycles. The lowest BCUT2D eigenvalue weighted by Gasteiger charge is -2.16. The Labute approximate surface area is 147 Å². The van der Waals surface area contributed by atoms with Gasteiger partial charge in [0.15, 0.2) is 5.16 Å². The largest absolute Gasteiger partial charge is 0.489 e. The number of hydrogen-bond acceptors (Lipinski definition) is 4. The first kappa shape index (κ1) is 18.2. The molecule has 2 N–H and O–H groups in total. The number of imidazole rings is 1. The van der Waals surface area contributed by atoms with E-state index in [0.717, 1.165) is 17.3 Å². The van der Waals surface area contributed by atoms with Crippen molar-refractivity contribution in [3.63, 3.8) is 0 Å². The SMILES string of the molecule is CC[C@@H](C)Oc1ccccc1NC(=O)NCCSc1nccn1C. The standard InChI is InChI=1S/C17H24N4O2S/c1-4-13(2)23-15-8-6-5-7-14(15)20-16(22)18-10-12-24-17-19-9-11-21(17)3/h5-9,11,13H,4,10,12H2,1-3H3,(H2,18,20,22)/t13-/m1/s1. The van der Waals surface area contributed by atoms with Gasteiger partial charge in [0.05, 0.1) is 11.8 Å². The number of para-hydroxylation sites is 2. The van der Waals surface area contributed by atoms with Crippen LogP contribution in [0.2, 0.25) is 0 Å². The Morgan fingerprint density at radius 3 is 2.92 bits per heavy atom. The number of amides is 2. The minimum absolute atomic E-state index is 0.102. The first-order valence-corrected chi connectivity index (χ1v) is 8.99. The van der Waals surface area contributed by atoms with Crippen molar-refractivity contribution in [2.45, 2.75) is 31.5 Å². The number of aryl methyl sites for hydroxylation is 1. The number of carbonyl (C=O) groups excluding carboxylic acids is 1. The summed E-state index contributed by atoms with van der Waals surface area (Å²) in [5.41, 5.74) is 0.673. The van der Waals surface area contributed by atoms with E-state index in [1.807, 2.05) is 49.0 Å². The molecular weight excluding hydrogens is 324 g/mol. The van der Waals surface area contributed by atoms with Gasteiger partial charge in [-0.3, -0.25) is 0 Å². The van der Waals surface area contributed by atoms with E-state index in [4.69, 9.17) is 4.74 Å². The molecule has 0 unspecified atom stereocenters. The highest BCUT2D eigenvalue weighted by Crippen LogP contribution is 2.25. The summed E-state index contributed by atoms with van der Waals surface area (Å²) in [7, 11) is 1.95. The average Bonchev–Trinajstić information content (AvgIpc) is 2.98. The fourth-order valence-corrected chi connectivity index (χ4v) is 2.72. The van der Waals surface area contributed by atoms with Gasteiger partial charge in [0, 0.05) is 31.7 Å². The van der Waals surface area contributed by atoms with E-state index in [0.29, 0.717) is 18.0 Å². The maximum absolute atomic E-state index is 12.0. The molecule has 0 aliphatic rings. The highest BCUT2D eigenvalue weighted by molar-refractivity contribution is 7.99. The molecule has 1 aromatic heterocycles. The minimum Gasteiger partial charge on any atom is -0.489 e. The number of urea groups is 1. The highest BCUT2D eigenvalue weighted by Gasteiger charge is 2.09. The van der Waals surface area contributed by atoms with Gasteiger partial charge in [0.2, 0.25) is 0 Å². The molecule has 2 amide bonds. The van der Waals surface area contributed by atoms with Gasteiger partial charge in [0.1, 0.15) is 5.75 Å². The van der Waals surface area contributed by atoms with Crippen molar-refractivity contribution >= 4 is 23.5 Å². The highest BCUT2D eigenvalue weighted by atomic mass is 32.2. The van der Waals surface area contributed by atoms with Crippen molar-refractivity contribution in [3.8, 4) is 5.75 Å². The number of thioether (sulfide) groups is 1. The quantitative estimate of drug-likeness (QED) is 0.566. The molecule has 2 rings (SSSR count). The predicted octanol–water partition coefficient (Wildman–Crippen LogP) is 3.51. The molecule has 0 aliphatic heterocycles. The number of hydrogen-bond donors (Lipinski definition) is 2. The number of carbonyl (C=O) groups is 1. The Morgan fingerprint density at radius 1 is 1.42 bits per heavy atom. The molecule has 1 atom stereocenters. The summed E-state index contributed by atoms with van der Waals surface area (Å²) in [5.74, 6) is 1.44. The molecule has 6 nitrogen and oxygen atoms in total. The number of ether oxygens (including phenoxy) is 1. The summed E-state index contributed by atoms with van der Waals surface area (Å²) in [6, 6.07) is 7.22. The van der Waals surface area contributed by atoms with Gasteiger partial charge < -0.3 is 19.9 Å². The van der Waals surface area contributed by atoms with Crippen LogP contribution in [0.1, 0.15) is 20.3 Å². The monoisotopic (exact) mass is 348 g/mol. The third-order valence-electron chi connectivity index (χ3n) is 3.43. The van der Waals surface area contributed by atoms with Crippen LogP contribution < -0.4 is 15.4 Å². The van der Waals surface area contributed by atoms with Gasteiger partial charge in [-0.1, -0.05) is 30.8 Å². The van der Waals surface area contributed by atoms with E-state index in [-0.39, 0.29) is 12.1 Å².